The number of rotatable bonds is 0. The predicted octanol–water partition coefficient (Wildman–Crippen LogP) is 1.38. The minimum Gasteiger partial charge on any atom is -0.0800 e. The third-order valence-corrected chi connectivity index (χ3v) is 0.417. The van der Waals surface area contributed by atoms with Crippen molar-refractivity contribution >= 4 is 24.2 Å². The molecule has 0 atom stereocenters. The molecule has 0 aliphatic rings. The van der Waals surface area contributed by atoms with Gasteiger partial charge in [-0.15, -0.1) is 0 Å². The smallest absolute Gasteiger partial charge is 0.0664 e. The summed E-state index contributed by atoms with van der Waals surface area (Å²) in [6, 6.07) is 0. The lowest BCUT2D eigenvalue weighted by molar-refractivity contribution is 1.99. The first-order chi connectivity index (χ1) is 2.41. The van der Waals surface area contributed by atoms with E-state index in [4.69, 9.17) is 11.6 Å². The maximum absolute atomic E-state index is 4.87. The first-order valence-electron chi connectivity index (χ1n) is 1.08. The molecule has 0 heterocycles. The molecule has 0 aromatic carbocycles. The molecule has 0 bridgehead atoms. The molecule has 0 rings (SSSR count). The van der Waals surface area contributed by atoms with Gasteiger partial charge in [0, 0.05) is 5.38 Å². The van der Waals surface area contributed by atoms with Crippen LogP contribution < -0.4 is 0 Å². The maximum atomic E-state index is 4.87. The van der Waals surface area contributed by atoms with Gasteiger partial charge in [0.25, 0.3) is 0 Å². The summed E-state index contributed by atoms with van der Waals surface area (Å²) in [4.78, 5) is 0. The van der Waals surface area contributed by atoms with Crippen LogP contribution in [0.2, 0.25) is 0 Å². The van der Waals surface area contributed by atoms with Crippen LogP contribution in [0.1, 0.15) is 0 Å². The Hall–Kier alpha value is 0.200. The molecule has 0 fully saturated rings. The van der Waals surface area contributed by atoms with E-state index < -0.39 is 0 Å². The van der Waals surface area contributed by atoms with Crippen LogP contribution in [-0.4, -0.2) is 5.75 Å². The van der Waals surface area contributed by atoms with E-state index in [1.807, 2.05) is 0 Å². The lowest BCUT2D eigenvalue weighted by atomic mass is 10.8. The van der Waals surface area contributed by atoms with E-state index in [-0.39, 0.29) is 0 Å². The van der Waals surface area contributed by atoms with E-state index in [0.717, 1.165) is 0 Å². The zero-order chi connectivity index (χ0) is 4.12. The van der Waals surface area contributed by atoms with Crippen LogP contribution in [0.25, 0.3) is 0 Å². The lowest BCUT2D eigenvalue weighted by Crippen LogP contribution is -1.51. The molecule has 27 valence electrons. The highest BCUT2D eigenvalue weighted by Crippen LogP contribution is 1.67. The summed E-state index contributed by atoms with van der Waals surface area (Å²) < 4.78 is 0. The second-order valence-electron chi connectivity index (χ2n) is 0.416. The fraction of sp³-hybridized carbons (Fsp3) is 0.333. The largest absolute Gasteiger partial charge is 0.0800 e. The molecule has 1 radical (unpaired) electrons. The second-order valence-corrected chi connectivity index (χ2v) is 0.893. The van der Waals surface area contributed by atoms with E-state index in [1.165, 1.54) is 0 Å². The predicted molar refractivity (Wildman–Crippen MR) is 26.1 cm³/mol. The summed E-state index contributed by atoms with van der Waals surface area (Å²) in [5.74, 6) is 2.88. The topological polar surface area (TPSA) is 0 Å². The number of hydrogen-bond donors (Lipinski definition) is 0. The van der Waals surface area contributed by atoms with Crippen molar-refractivity contribution < 1.29 is 0 Å². The summed E-state index contributed by atoms with van der Waals surface area (Å²) in [6.45, 7) is 0. The number of halogens is 1. The van der Waals surface area contributed by atoms with E-state index >= 15 is 0 Å². The Labute approximate surface area is 41.9 Å². The molecule has 0 aromatic rings. The molecule has 0 saturated heterocycles. The van der Waals surface area contributed by atoms with Crippen molar-refractivity contribution in [2.24, 2.45) is 0 Å². The van der Waals surface area contributed by atoms with Crippen LogP contribution in [0.15, 0.2) is 0 Å². The molecule has 0 saturated carbocycles. The summed E-state index contributed by atoms with van der Waals surface area (Å²) in [6.07, 6.45) is 0. The molecule has 0 amide bonds. The zero-order valence-corrected chi connectivity index (χ0v) is 4.07. The SMILES string of the molecule is [S]CC#CCl. The van der Waals surface area contributed by atoms with Gasteiger partial charge in [0.2, 0.25) is 0 Å². The lowest BCUT2D eigenvalue weighted by Gasteiger charge is -1.54. The molecular weight excluding hydrogens is 104 g/mol. The van der Waals surface area contributed by atoms with E-state index in [0.29, 0.717) is 5.75 Å². The van der Waals surface area contributed by atoms with Gasteiger partial charge in [0.15, 0.2) is 0 Å². The van der Waals surface area contributed by atoms with Crippen molar-refractivity contribution in [3.8, 4) is 11.3 Å². The Kier molecular flexibility index (Phi) is 4.37. The fourth-order valence-electron chi connectivity index (χ4n) is 0.0273. The molecule has 0 N–H and O–H groups in total. The quantitative estimate of drug-likeness (QED) is 0.409. The molecular formula is C3H2ClS. The Morgan fingerprint density at radius 3 is 2.40 bits per heavy atom. The van der Waals surface area contributed by atoms with Crippen LogP contribution in [0.4, 0.5) is 0 Å². The van der Waals surface area contributed by atoms with Crippen LogP contribution in [0, 0.1) is 11.3 Å². The fourth-order valence-corrected chi connectivity index (χ4v) is 0.245. The third-order valence-electron chi connectivity index (χ3n) is 0.139. The average Bonchev–Trinajstić information content (AvgIpc) is 1.41. The third kappa shape index (κ3) is 4.20. The van der Waals surface area contributed by atoms with Gasteiger partial charge in [0.05, 0.1) is 5.75 Å². The highest BCUT2D eigenvalue weighted by Gasteiger charge is 1.52. The number of hydrogen-bond acceptors (Lipinski definition) is 0. The highest BCUT2D eigenvalue weighted by atomic mass is 35.5. The molecule has 2 heteroatoms. The summed E-state index contributed by atoms with van der Waals surface area (Å²) in [5, 5.41) is 2.14. The average molecular weight is 106 g/mol. The maximum Gasteiger partial charge on any atom is 0.0664 e. The normalized spacial score (nSPS) is 5.20. The van der Waals surface area contributed by atoms with Gasteiger partial charge in [-0.1, -0.05) is 18.5 Å². The Bertz CT molecular complexity index is 59.0. The minimum atomic E-state index is 0.434. The van der Waals surface area contributed by atoms with Crippen molar-refractivity contribution in [2.45, 2.75) is 0 Å². The molecule has 0 spiro atoms. The van der Waals surface area contributed by atoms with Crippen molar-refractivity contribution in [3.05, 3.63) is 0 Å². The van der Waals surface area contributed by atoms with Gasteiger partial charge < -0.3 is 0 Å². The Balaban J connectivity index is 2.81. The summed E-state index contributed by atoms with van der Waals surface area (Å²) in [7, 11) is 0. The first kappa shape index (κ1) is 5.20. The molecule has 5 heavy (non-hydrogen) atoms. The monoisotopic (exact) mass is 105 g/mol. The van der Waals surface area contributed by atoms with Crippen LogP contribution >= 0.6 is 24.2 Å². The van der Waals surface area contributed by atoms with Crippen LogP contribution in [-0.2, 0) is 0 Å². The van der Waals surface area contributed by atoms with Gasteiger partial charge in [-0.3, -0.25) is 0 Å². The van der Waals surface area contributed by atoms with Gasteiger partial charge >= 0.3 is 0 Å². The minimum absolute atomic E-state index is 0.434. The van der Waals surface area contributed by atoms with Gasteiger partial charge in [0.1, 0.15) is 0 Å². The van der Waals surface area contributed by atoms with E-state index in [1.54, 1.807) is 0 Å². The molecule has 0 aliphatic carbocycles. The van der Waals surface area contributed by atoms with Crippen LogP contribution in [0.3, 0.4) is 0 Å². The van der Waals surface area contributed by atoms with E-state index in [2.05, 4.69) is 23.9 Å². The zero-order valence-electron chi connectivity index (χ0n) is 2.49. The Morgan fingerprint density at radius 1 is 1.80 bits per heavy atom. The molecule has 0 aliphatic heterocycles. The Morgan fingerprint density at radius 2 is 2.40 bits per heavy atom. The summed E-state index contributed by atoms with van der Waals surface area (Å²) >= 11 is 9.27. The highest BCUT2D eigenvalue weighted by molar-refractivity contribution is 7.80. The van der Waals surface area contributed by atoms with Gasteiger partial charge in [-0.05, 0) is 11.6 Å². The summed E-state index contributed by atoms with van der Waals surface area (Å²) in [5.41, 5.74) is 0. The van der Waals surface area contributed by atoms with Gasteiger partial charge in [-0.25, -0.2) is 0 Å². The van der Waals surface area contributed by atoms with Gasteiger partial charge in [-0.2, -0.15) is 0 Å². The van der Waals surface area contributed by atoms with E-state index in [9.17, 15) is 0 Å². The van der Waals surface area contributed by atoms with Crippen LogP contribution in [0.5, 0.6) is 0 Å². The van der Waals surface area contributed by atoms with Crippen molar-refractivity contribution in [3.63, 3.8) is 0 Å². The molecule has 0 nitrogen and oxygen atoms in total. The first-order valence-corrected chi connectivity index (χ1v) is 2.04. The van der Waals surface area contributed by atoms with Crippen molar-refractivity contribution in [1.82, 2.24) is 0 Å². The second kappa shape index (κ2) is 4.20. The molecule has 0 unspecified atom stereocenters. The molecule has 0 aromatic heterocycles. The van der Waals surface area contributed by atoms with Crippen molar-refractivity contribution in [1.29, 1.82) is 0 Å². The van der Waals surface area contributed by atoms with Crippen molar-refractivity contribution in [2.75, 3.05) is 5.75 Å². The standard InChI is InChI=1S/C3H2ClS/c4-2-1-3-5/h3H2.